The number of rotatable bonds is 12. The first kappa shape index (κ1) is 28.7. The quantitative estimate of drug-likeness (QED) is 0.211. The molecule has 0 radical (unpaired) electrons. The number of hydrogen-bond acceptors (Lipinski definition) is 6. The van der Waals surface area contributed by atoms with Crippen molar-refractivity contribution in [2.24, 2.45) is 0 Å². The monoisotopic (exact) mass is 534 g/mol. The molecule has 4 atom stereocenters. The van der Waals surface area contributed by atoms with Gasteiger partial charge in [0.1, 0.15) is 36.9 Å². The van der Waals surface area contributed by atoms with Gasteiger partial charge in [-0.25, -0.2) is 9.59 Å². The molecule has 2 aliphatic carbocycles. The highest BCUT2D eigenvalue weighted by Crippen LogP contribution is 2.64. The summed E-state index contributed by atoms with van der Waals surface area (Å²) in [6.45, 7) is 19.6. The molecule has 0 heterocycles. The predicted octanol–water partition coefficient (Wildman–Crippen LogP) is 7.24. The van der Waals surface area contributed by atoms with E-state index in [0.29, 0.717) is 29.9 Å². The Bertz CT molecular complexity index is 1310. The van der Waals surface area contributed by atoms with Crippen LogP contribution in [-0.4, -0.2) is 37.4 Å². The molecule has 1 fully saturated rings. The van der Waals surface area contributed by atoms with Crippen molar-refractivity contribution in [1.82, 2.24) is 0 Å². The first-order valence-corrected chi connectivity index (χ1v) is 14.1. The van der Waals surface area contributed by atoms with Gasteiger partial charge >= 0.3 is 11.9 Å². The molecule has 0 amide bonds. The Morgan fingerprint density at radius 2 is 1.51 bits per heavy atom. The van der Waals surface area contributed by atoms with E-state index < -0.39 is 11.9 Å². The molecule has 6 heteroatoms. The van der Waals surface area contributed by atoms with E-state index >= 15 is 0 Å². The molecule has 0 aliphatic heterocycles. The minimum absolute atomic E-state index is 0.0147. The number of fused-ring (bicyclic) bond motifs is 6. The molecule has 4 unspecified atom stereocenters. The Hall–Kier alpha value is -3.28. The van der Waals surface area contributed by atoms with Crippen molar-refractivity contribution in [3.8, 4) is 11.5 Å². The molecule has 0 spiro atoms. The van der Waals surface area contributed by atoms with Crippen LogP contribution in [0.3, 0.4) is 0 Å². The van der Waals surface area contributed by atoms with Gasteiger partial charge in [-0.15, -0.1) is 0 Å². The molecule has 0 N–H and O–H groups in total. The summed E-state index contributed by atoms with van der Waals surface area (Å²) in [6.07, 6.45) is 3.78. The van der Waals surface area contributed by atoms with Crippen LogP contribution >= 0.6 is 0 Å². The summed E-state index contributed by atoms with van der Waals surface area (Å²) in [5.41, 5.74) is 4.28. The highest BCUT2D eigenvalue weighted by Gasteiger charge is 2.50. The molecule has 210 valence electrons. The third kappa shape index (κ3) is 5.70. The van der Waals surface area contributed by atoms with Crippen LogP contribution in [0.25, 0.3) is 10.8 Å². The van der Waals surface area contributed by atoms with Crippen molar-refractivity contribution in [1.29, 1.82) is 0 Å². The molecule has 0 saturated heterocycles. The van der Waals surface area contributed by atoms with Crippen molar-refractivity contribution < 1.29 is 28.5 Å². The van der Waals surface area contributed by atoms with Crippen LogP contribution in [0.5, 0.6) is 11.5 Å². The standard InChI is InChI=1S/C33H42O6/c1-9-23(38-31(34)19(3)4)17-36-29-26-15-21(7)11-12-25(26)30(28-27(29)22-13-14-33(28,8)16-22)37-18-24(10-2)39-32(35)20(5)6/h11-12,15,22-24H,3,5,9-10,13-14,16-18H2,1-2,4,6-8H3. The number of carbonyl (C=O) groups excluding carboxylic acids is 2. The largest absolute Gasteiger partial charge is 0.489 e. The van der Waals surface area contributed by atoms with Crippen LogP contribution in [0.15, 0.2) is 42.5 Å². The molecule has 2 aliphatic rings. The molecule has 6 nitrogen and oxygen atoms in total. The van der Waals surface area contributed by atoms with Gasteiger partial charge in [0.15, 0.2) is 0 Å². The molecule has 2 bridgehead atoms. The lowest BCUT2D eigenvalue weighted by Crippen LogP contribution is -2.27. The maximum atomic E-state index is 12.2. The van der Waals surface area contributed by atoms with Gasteiger partial charge in [0, 0.05) is 33.0 Å². The van der Waals surface area contributed by atoms with E-state index in [1.165, 1.54) is 11.1 Å². The zero-order valence-corrected chi connectivity index (χ0v) is 24.3. The molecule has 2 aromatic rings. The lowest BCUT2D eigenvalue weighted by Gasteiger charge is -2.31. The summed E-state index contributed by atoms with van der Waals surface area (Å²) in [4.78, 5) is 24.4. The zero-order valence-electron chi connectivity index (χ0n) is 24.3. The summed E-state index contributed by atoms with van der Waals surface area (Å²) < 4.78 is 24.4. The van der Waals surface area contributed by atoms with Gasteiger partial charge in [-0.3, -0.25) is 0 Å². The maximum Gasteiger partial charge on any atom is 0.333 e. The van der Waals surface area contributed by atoms with Crippen molar-refractivity contribution in [2.45, 2.75) is 97.2 Å². The van der Waals surface area contributed by atoms with Gasteiger partial charge in [-0.2, -0.15) is 0 Å². The summed E-state index contributed by atoms with van der Waals surface area (Å²) >= 11 is 0. The fraction of sp³-hybridized carbons (Fsp3) is 0.515. The van der Waals surface area contributed by atoms with E-state index in [-0.39, 0.29) is 30.8 Å². The third-order valence-electron chi connectivity index (χ3n) is 8.14. The lowest BCUT2D eigenvalue weighted by molar-refractivity contribution is -0.146. The number of benzene rings is 2. The van der Waals surface area contributed by atoms with Crippen molar-refractivity contribution in [3.05, 3.63) is 59.2 Å². The summed E-state index contributed by atoms with van der Waals surface area (Å²) in [6, 6.07) is 6.33. The van der Waals surface area contributed by atoms with Crippen LogP contribution in [0.4, 0.5) is 0 Å². The Labute approximate surface area is 232 Å². The van der Waals surface area contributed by atoms with Crippen molar-refractivity contribution in [2.75, 3.05) is 13.2 Å². The maximum absolute atomic E-state index is 12.2. The summed E-state index contributed by atoms with van der Waals surface area (Å²) in [5, 5.41) is 1.98. The van der Waals surface area contributed by atoms with Crippen molar-refractivity contribution in [3.63, 3.8) is 0 Å². The van der Waals surface area contributed by atoms with Gasteiger partial charge in [-0.05, 0) is 70.3 Å². The Morgan fingerprint density at radius 1 is 0.949 bits per heavy atom. The number of esters is 2. The molecular weight excluding hydrogens is 492 g/mol. The molecule has 0 aromatic heterocycles. The van der Waals surface area contributed by atoms with Crippen LogP contribution < -0.4 is 9.47 Å². The van der Waals surface area contributed by atoms with Crippen LogP contribution in [0, 0.1) is 6.92 Å². The molecule has 4 rings (SSSR count). The van der Waals surface area contributed by atoms with Gasteiger partial charge in [0.25, 0.3) is 0 Å². The van der Waals surface area contributed by atoms with Gasteiger partial charge < -0.3 is 18.9 Å². The van der Waals surface area contributed by atoms with E-state index in [1.54, 1.807) is 13.8 Å². The fourth-order valence-electron chi connectivity index (χ4n) is 5.89. The Morgan fingerprint density at radius 3 is 2.05 bits per heavy atom. The van der Waals surface area contributed by atoms with Gasteiger partial charge in [0.05, 0.1) is 0 Å². The van der Waals surface area contributed by atoms with E-state index in [1.807, 2.05) is 13.8 Å². The van der Waals surface area contributed by atoms with Gasteiger partial charge in [0.2, 0.25) is 0 Å². The molecule has 1 saturated carbocycles. The number of hydrogen-bond donors (Lipinski definition) is 0. The fourth-order valence-corrected chi connectivity index (χ4v) is 5.89. The average molecular weight is 535 g/mol. The Kier molecular flexibility index (Phi) is 8.43. The van der Waals surface area contributed by atoms with Gasteiger partial charge in [-0.1, -0.05) is 51.6 Å². The smallest absolute Gasteiger partial charge is 0.333 e. The Balaban J connectivity index is 1.75. The second kappa shape index (κ2) is 11.4. The van der Waals surface area contributed by atoms with Crippen LogP contribution in [-0.2, 0) is 24.5 Å². The highest BCUT2D eigenvalue weighted by molar-refractivity contribution is 5.98. The lowest BCUT2D eigenvalue weighted by atomic mass is 9.78. The normalized spacial score (nSPS) is 20.7. The first-order valence-electron chi connectivity index (χ1n) is 14.1. The predicted molar refractivity (Wildman–Crippen MR) is 154 cm³/mol. The SMILES string of the molecule is C=C(C)C(=O)OC(CC)COc1c2c(c(OCC(CC)OC(=O)C(=C)C)c3ccc(C)cc13)C1(C)CCC2C1. The molecule has 2 aromatic carbocycles. The molecular formula is C33H42O6. The van der Waals surface area contributed by atoms with Crippen LogP contribution in [0.2, 0.25) is 0 Å². The van der Waals surface area contributed by atoms with Crippen molar-refractivity contribution >= 4 is 22.7 Å². The number of ether oxygens (including phenoxy) is 4. The number of aryl methyl sites for hydroxylation is 1. The third-order valence-corrected chi connectivity index (χ3v) is 8.14. The van der Waals surface area contributed by atoms with E-state index in [2.05, 4.69) is 45.2 Å². The first-order chi connectivity index (χ1) is 18.5. The summed E-state index contributed by atoms with van der Waals surface area (Å²) in [7, 11) is 0. The summed E-state index contributed by atoms with van der Waals surface area (Å²) in [5.74, 6) is 1.32. The van der Waals surface area contributed by atoms with E-state index in [0.717, 1.165) is 47.1 Å². The average Bonchev–Trinajstić information content (AvgIpc) is 3.42. The second-order valence-electron chi connectivity index (χ2n) is 11.6. The highest BCUT2D eigenvalue weighted by atomic mass is 16.6. The minimum Gasteiger partial charge on any atom is -0.489 e. The second-order valence-corrected chi connectivity index (χ2v) is 11.6. The van der Waals surface area contributed by atoms with E-state index in [4.69, 9.17) is 18.9 Å². The van der Waals surface area contributed by atoms with E-state index in [9.17, 15) is 9.59 Å². The topological polar surface area (TPSA) is 71.1 Å². The zero-order chi connectivity index (χ0) is 28.5. The molecule has 39 heavy (non-hydrogen) atoms. The minimum atomic E-state index is -0.399. The van der Waals surface area contributed by atoms with Crippen LogP contribution in [0.1, 0.15) is 89.3 Å². The number of carbonyl (C=O) groups is 2.